The van der Waals surface area contributed by atoms with Crippen LogP contribution in [0.3, 0.4) is 0 Å². The second-order valence-corrected chi connectivity index (χ2v) is 6.05. The number of carbonyl (C=O) groups excluding carboxylic acids is 1. The van der Waals surface area contributed by atoms with Crippen LogP contribution in [-0.4, -0.2) is 41.1 Å². The summed E-state index contributed by atoms with van der Waals surface area (Å²) in [5.41, 5.74) is 0.305. The molecule has 2 aromatic rings. The Morgan fingerprint density at radius 2 is 2.08 bits per heavy atom. The van der Waals surface area contributed by atoms with Crippen molar-refractivity contribution in [2.75, 3.05) is 30.4 Å². The third-order valence-corrected chi connectivity index (χ3v) is 4.26. The topological polar surface area (TPSA) is 89.0 Å². The molecule has 0 aromatic carbocycles. The summed E-state index contributed by atoms with van der Waals surface area (Å²) in [7, 11) is 0. The zero-order valence-electron chi connectivity index (χ0n) is 13.3. The number of anilines is 2. The van der Waals surface area contributed by atoms with E-state index < -0.39 is 5.95 Å². The summed E-state index contributed by atoms with van der Waals surface area (Å²) in [5, 5.41) is 5.80. The summed E-state index contributed by atoms with van der Waals surface area (Å²) < 4.78 is 19.5. The maximum atomic E-state index is 14.2. The predicted molar refractivity (Wildman–Crippen MR) is 92.0 cm³/mol. The van der Waals surface area contributed by atoms with E-state index >= 15 is 0 Å². The second-order valence-electron chi connectivity index (χ2n) is 5.64. The molecule has 3 heterocycles. The smallest absolute Gasteiger partial charge is 0.239 e. The van der Waals surface area contributed by atoms with Gasteiger partial charge < -0.3 is 15.4 Å². The molecule has 1 saturated heterocycles. The van der Waals surface area contributed by atoms with Gasteiger partial charge in [0.1, 0.15) is 17.3 Å². The highest BCUT2D eigenvalue weighted by atomic mass is 35.5. The number of halogens is 2. The summed E-state index contributed by atoms with van der Waals surface area (Å²) in [6.45, 7) is 2.22. The number of ether oxygens (including phenoxy) is 1. The Balaban J connectivity index is 1.81. The van der Waals surface area contributed by atoms with E-state index in [0.717, 1.165) is 26.1 Å². The van der Waals surface area contributed by atoms with Gasteiger partial charge >= 0.3 is 0 Å². The van der Waals surface area contributed by atoms with Crippen molar-refractivity contribution in [3.8, 4) is 11.3 Å². The Hall–Kier alpha value is -2.32. The van der Waals surface area contributed by atoms with E-state index in [-0.39, 0.29) is 16.5 Å². The second kappa shape index (κ2) is 8.17. The highest BCUT2D eigenvalue weighted by Crippen LogP contribution is 2.30. The van der Waals surface area contributed by atoms with Gasteiger partial charge in [-0.1, -0.05) is 11.6 Å². The molecule has 0 aliphatic carbocycles. The first-order valence-electron chi connectivity index (χ1n) is 7.87. The Labute approximate surface area is 149 Å². The normalized spacial score (nSPS) is 15.0. The molecule has 1 aliphatic heterocycles. The summed E-state index contributed by atoms with van der Waals surface area (Å²) in [5.74, 6) is 0.440. The average molecular weight is 366 g/mol. The van der Waals surface area contributed by atoms with Gasteiger partial charge in [-0.3, -0.25) is 4.79 Å². The van der Waals surface area contributed by atoms with Gasteiger partial charge in [-0.15, -0.1) is 0 Å². The molecule has 2 N–H and O–H groups in total. The number of hydrogen-bond donors (Lipinski definition) is 2. The standard InChI is InChI=1S/C16H17ClFN5O2/c17-12-7-20-13(22-9-24)5-11(12)15-16(18)21-8-14(23-15)19-6-10-1-3-25-4-2-10/h5,7-10H,1-4,6H2,(H,19,23)(H,20,22,24). The lowest BCUT2D eigenvalue weighted by Gasteiger charge is -2.22. The van der Waals surface area contributed by atoms with Gasteiger partial charge in [0.15, 0.2) is 0 Å². The highest BCUT2D eigenvalue weighted by molar-refractivity contribution is 6.33. The van der Waals surface area contributed by atoms with Gasteiger partial charge in [0.25, 0.3) is 0 Å². The molecular weight excluding hydrogens is 349 g/mol. The van der Waals surface area contributed by atoms with Crippen LogP contribution in [0.1, 0.15) is 12.8 Å². The van der Waals surface area contributed by atoms with Crippen molar-refractivity contribution in [2.45, 2.75) is 12.8 Å². The minimum Gasteiger partial charge on any atom is -0.381 e. The Bertz CT molecular complexity index is 755. The van der Waals surface area contributed by atoms with Gasteiger partial charge in [0.2, 0.25) is 12.4 Å². The molecule has 132 valence electrons. The van der Waals surface area contributed by atoms with Crippen LogP contribution in [0.4, 0.5) is 16.0 Å². The molecule has 0 atom stereocenters. The first-order chi connectivity index (χ1) is 12.2. The van der Waals surface area contributed by atoms with Gasteiger partial charge in [-0.2, -0.15) is 4.39 Å². The summed E-state index contributed by atoms with van der Waals surface area (Å²) >= 11 is 6.11. The largest absolute Gasteiger partial charge is 0.381 e. The SMILES string of the molecule is O=CNc1cc(-c2nc(NCC3CCOCC3)cnc2F)c(Cl)cn1. The molecule has 7 nitrogen and oxygen atoms in total. The van der Waals surface area contributed by atoms with Crippen molar-refractivity contribution in [2.24, 2.45) is 5.92 Å². The van der Waals surface area contributed by atoms with E-state index in [1.807, 2.05) is 0 Å². The molecule has 2 aromatic heterocycles. The number of pyridine rings is 1. The van der Waals surface area contributed by atoms with Crippen molar-refractivity contribution >= 4 is 29.6 Å². The van der Waals surface area contributed by atoms with E-state index in [2.05, 4.69) is 25.6 Å². The molecule has 1 fully saturated rings. The molecule has 1 aliphatic rings. The van der Waals surface area contributed by atoms with Gasteiger partial charge in [-0.25, -0.2) is 15.0 Å². The number of nitrogens with one attached hydrogen (secondary N) is 2. The van der Waals surface area contributed by atoms with Crippen molar-refractivity contribution in [3.63, 3.8) is 0 Å². The van der Waals surface area contributed by atoms with Gasteiger partial charge in [0.05, 0.1) is 11.2 Å². The molecule has 0 radical (unpaired) electrons. The van der Waals surface area contributed by atoms with E-state index in [0.29, 0.717) is 30.3 Å². The molecule has 0 spiro atoms. The zero-order chi connectivity index (χ0) is 17.6. The quantitative estimate of drug-likeness (QED) is 0.765. The number of hydrogen-bond acceptors (Lipinski definition) is 6. The summed E-state index contributed by atoms with van der Waals surface area (Å²) in [4.78, 5) is 22.5. The minimum atomic E-state index is -0.748. The van der Waals surface area contributed by atoms with Crippen molar-refractivity contribution in [3.05, 3.63) is 29.4 Å². The van der Waals surface area contributed by atoms with Crippen molar-refractivity contribution < 1.29 is 13.9 Å². The monoisotopic (exact) mass is 365 g/mol. The number of carbonyl (C=O) groups is 1. The van der Waals surface area contributed by atoms with Crippen LogP contribution >= 0.6 is 11.6 Å². The summed E-state index contributed by atoms with van der Waals surface area (Å²) in [6, 6.07) is 1.45. The maximum Gasteiger partial charge on any atom is 0.239 e. The van der Waals surface area contributed by atoms with Crippen LogP contribution in [0.25, 0.3) is 11.3 Å². The molecule has 3 rings (SSSR count). The first-order valence-corrected chi connectivity index (χ1v) is 8.25. The fourth-order valence-electron chi connectivity index (χ4n) is 2.59. The number of rotatable bonds is 6. The van der Waals surface area contributed by atoms with Crippen LogP contribution in [0.5, 0.6) is 0 Å². The lowest BCUT2D eigenvalue weighted by Crippen LogP contribution is -2.23. The van der Waals surface area contributed by atoms with Crippen LogP contribution in [-0.2, 0) is 9.53 Å². The third-order valence-electron chi connectivity index (χ3n) is 3.96. The number of amides is 1. The third kappa shape index (κ3) is 4.40. The van der Waals surface area contributed by atoms with Gasteiger partial charge in [-0.05, 0) is 24.8 Å². The number of aromatic nitrogens is 3. The van der Waals surface area contributed by atoms with E-state index in [1.54, 1.807) is 0 Å². The first kappa shape index (κ1) is 17.5. The Kier molecular flexibility index (Phi) is 5.72. The van der Waals surface area contributed by atoms with Crippen LogP contribution < -0.4 is 10.6 Å². The molecule has 0 bridgehead atoms. The fraction of sp³-hybridized carbons (Fsp3) is 0.375. The van der Waals surface area contributed by atoms with E-state index in [9.17, 15) is 9.18 Å². The Morgan fingerprint density at radius 3 is 2.84 bits per heavy atom. The average Bonchev–Trinajstić information content (AvgIpc) is 2.64. The lowest BCUT2D eigenvalue weighted by molar-refractivity contribution is -0.105. The fourth-order valence-corrected chi connectivity index (χ4v) is 2.78. The van der Waals surface area contributed by atoms with Crippen LogP contribution in [0, 0.1) is 11.9 Å². The van der Waals surface area contributed by atoms with E-state index in [1.165, 1.54) is 18.5 Å². The molecule has 25 heavy (non-hydrogen) atoms. The maximum absolute atomic E-state index is 14.2. The summed E-state index contributed by atoms with van der Waals surface area (Å²) in [6.07, 6.45) is 5.11. The minimum absolute atomic E-state index is 0.00155. The number of nitrogens with zero attached hydrogens (tertiary/aromatic N) is 3. The van der Waals surface area contributed by atoms with Gasteiger partial charge in [0, 0.05) is 31.5 Å². The van der Waals surface area contributed by atoms with E-state index in [4.69, 9.17) is 16.3 Å². The predicted octanol–water partition coefficient (Wildman–Crippen LogP) is 2.74. The zero-order valence-corrected chi connectivity index (χ0v) is 14.1. The molecule has 9 heteroatoms. The van der Waals surface area contributed by atoms with Crippen LogP contribution in [0.15, 0.2) is 18.5 Å². The van der Waals surface area contributed by atoms with Crippen molar-refractivity contribution in [1.82, 2.24) is 15.0 Å². The van der Waals surface area contributed by atoms with Crippen LogP contribution in [0.2, 0.25) is 5.02 Å². The molecule has 1 amide bonds. The molecular formula is C16H17ClFN5O2. The Morgan fingerprint density at radius 1 is 1.28 bits per heavy atom. The molecule has 0 saturated carbocycles. The molecule has 0 unspecified atom stereocenters. The van der Waals surface area contributed by atoms with Crippen molar-refractivity contribution in [1.29, 1.82) is 0 Å². The lowest BCUT2D eigenvalue weighted by atomic mass is 10.0. The highest BCUT2D eigenvalue weighted by Gasteiger charge is 2.17.